The largest absolute Gasteiger partial charge is 0.453 e. The molecular formula is C27H31ClN2O5. The number of anilines is 1. The van der Waals surface area contributed by atoms with E-state index in [0.29, 0.717) is 40.6 Å². The summed E-state index contributed by atoms with van der Waals surface area (Å²) in [7, 11) is 0. The van der Waals surface area contributed by atoms with Gasteiger partial charge in [-0.05, 0) is 92.5 Å². The van der Waals surface area contributed by atoms with Crippen LogP contribution < -0.4 is 5.32 Å². The first-order valence-corrected chi connectivity index (χ1v) is 13.0. The van der Waals surface area contributed by atoms with E-state index in [4.69, 9.17) is 21.1 Å². The Labute approximate surface area is 209 Å². The lowest BCUT2D eigenvalue weighted by atomic mass is 9.52. The van der Waals surface area contributed by atoms with Crippen molar-refractivity contribution in [3.63, 3.8) is 0 Å². The third kappa shape index (κ3) is 4.17. The predicted octanol–water partition coefficient (Wildman–Crippen LogP) is 4.01. The van der Waals surface area contributed by atoms with Gasteiger partial charge in [0.15, 0.2) is 5.76 Å². The number of amides is 2. The summed E-state index contributed by atoms with van der Waals surface area (Å²) in [6, 6.07) is 8.69. The third-order valence-corrected chi connectivity index (χ3v) is 9.07. The Kier molecular flexibility index (Phi) is 5.70. The standard InChI is InChI=1S/C27H31ClN2O5/c28-22-10-20(29-25(32)23-4-3-21(14-31)35-23)2-1-16(22)9-17-5-6-30(26(17)33)24-18-7-15-8-19(24)13-27(34,11-15)12-18/h1-4,10,15,17-19,24,31,34H,5-9,11-14H2,(H,29,32). The molecule has 5 aliphatic rings. The smallest absolute Gasteiger partial charge is 0.291 e. The van der Waals surface area contributed by atoms with Gasteiger partial charge in [0.2, 0.25) is 5.91 Å². The Morgan fingerprint density at radius 1 is 1.17 bits per heavy atom. The number of nitrogens with zero attached hydrogens (tertiary/aromatic N) is 1. The van der Waals surface area contributed by atoms with E-state index in [2.05, 4.69) is 10.2 Å². The molecular weight excluding hydrogens is 468 g/mol. The Morgan fingerprint density at radius 2 is 1.94 bits per heavy atom. The number of carbonyl (C=O) groups is 2. The second kappa shape index (κ2) is 8.64. The van der Waals surface area contributed by atoms with Crippen molar-refractivity contribution in [2.75, 3.05) is 11.9 Å². The number of nitrogens with one attached hydrogen (secondary N) is 1. The van der Waals surface area contributed by atoms with Crippen molar-refractivity contribution in [1.29, 1.82) is 0 Å². The number of likely N-dealkylation sites (tertiary alicyclic amines) is 1. The zero-order chi connectivity index (χ0) is 24.3. The summed E-state index contributed by atoms with van der Waals surface area (Å²) in [5, 5.41) is 23.3. The maximum Gasteiger partial charge on any atom is 0.291 e. The molecule has 3 unspecified atom stereocenters. The van der Waals surface area contributed by atoms with E-state index >= 15 is 0 Å². The van der Waals surface area contributed by atoms with E-state index in [9.17, 15) is 14.7 Å². The van der Waals surface area contributed by atoms with Crippen LogP contribution in [-0.4, -0.2) is 45.1 Å². The van der Waals surface area contributed by atoms with Gasteiger partial charge in [-0.2, -0.15) is 0 Å². The first-order valence-electron chi connectivity index (χ1n) is 12.6. The highest BCUT2D eigenvalue weighted by molar-refractivity contribution is 6.31. The van der Waals surface area contributed by atoms with Crippen molar-refractivity contribution in [1.82, 2.24) is 4.90 Å². The second-order valence-corrected chi connectivity index (χ2v) is 11.5. The van der Waals surface area contributed by atoms with Gasteiger partial charge >= 0.3 is 0 Å². The van der Waals surface area contributed by atoms with Crippen LogP contribution in [0.4, 0.5) is 5.69 Å². The molecule has 1 aliphatic heterocycles. The van der Waals surface area contributed by atoms with Gasteiger partial charge in [-0.1, -0.05) is 17.7 Å². The van der Waals surface area contributed by atoms with E-state index in [1.54, 1.807) is 18.2 Å². The quantitative estimate of drug-likeness (QED) is 0.558. The molecule has 4 bridgehead atoms. The maximum atomic E-state index is 13.5. The molecule has 1 saturated heterocycles. The van der Waals surface area contributed by atoms with Gasteiger partial charge in [0.1, 0.15) is 12.4 Å². The van der Waals surface area contributed by atoms with Crippen LogP contribution in [0.5, 0.6) is 0 Å². The van der Waals surface area contributed by atoms with Crippen LogP contribution in [0.15, 0.2) is 34.7 Å². The van der Waals surface area contributed by atoms with E-state index in [0.717, 1.165) is 50.6 Å². The summed E-state index contributed by atoms with van der Waals surface area (Å²) >= 11 is 6.55. The second-order valence-electron chi connectivity index (χ2n) is 11.1. The Morgan fingerprint density at radius 3 is 2.60 bits per heavy atom. The fourth-order valence-corrected chi connectivity index (χ4v) is 7.80. The molecule has 3 atom stereocenters. The number of aliphatic hydroxyl groups is 2. The van der Waals surface area contributed by atoms with Crippen LogP contribution >= 0.6 is 11.6 Å². The summed E-state index contributed by atoms with van der Waals surface area (Å²) in [4.78, 5) is 28.0. The van der Waals surface area contributed by atoms with E-state index < -0.39 is 11.5 Å². The molecule has 7 rings (SSSR count). The molecule has 4 aliphatic carbocycles. The first-order chi connectivity index (χ1) is 16.8. The number of hydrogen-bond donors (Lipinski definition) is 3. The summed E-state index contributed by atoms with van der Waals surface area (Å²) < 4.78 is 5.27. The lowest BCUT2D eigenvalue weighted by Gasteiger charge is -2.59. The van der Waals surface area contributed by atoms with Crippen molar-refractivity contribution in [3.8, 4) is 0 Å². The first kappa shape index (κ1) is 23.1. The van der Waals surface area contributed by atoms with Crippen LogP contribution in [-0.2, 0) is 17.8 Å². The number of rotatable bonds is 6. The van der Waals surface area contributed by atoms with Crippen LogP contribution in [0.25, 0.3) is 0 Å². The fourth-order valence-electron chi connectivity index (χ4n) is 7.55. The third-order valence-electron chi connectivity index (χ3n) is 8.72. The molecule has 3 N–H and O–H groups in total. The molecule has 1 aromatic heterocycles. The molecule has 0 radical (unpaired) electrons. The summed E-state index contributed by atoms with van der Waals surface area (Å²) in [5.74, 6) is 1.64. The van der Waals surface area contributed by atoms with Crippen molar-refractivity contribution in [3.05, 3.63) is 52.4 Å². The van der Waals surface area contributed by atoms with Gasteiger partial charge in [-0.25, -0.2) is 0 Å². The average molecular weight is 499 g/mol. The lowest BCUT2D eigenvalue weighted by Crippen LogP contribution is -2.62. The van der Waals surface area contributed by atoms with E-state index in [1.807, 2.05) is 6.07 Å². The zero-order valence-corrected chi connectivity index (χ0v) is 20.3. The number of hydrogen-bond acceptors (Lipinski definition) is 5. The molecule has 4 saturated carbocycles. The Hall–Kier alpha value is -2.35. The van der Waals surface area contributed by atoms with Gasteiger partial charge in [0.05, 0.1) is 5.60 Å². The van der Waals surface area contributed by atoms with E-state index in [-0.39, 0.29) is 30.2 Å². The highest BCUT2D eigenvalue weighted by atomic mass is 35.5. The zero-order valence-electron chi connectivity index (χ0n) is 19.6. The SMILES string of the molecule is O=C(Nc1ccc(CC2CCN(C3C4CC5CC3CC(O)(C5)C4)C2=O)c(Cl)c1)c1ccc(CO)o1. The number of benzene rings is 1. The van der Waals surface area contributed by atoms with Crippen LogP contribution in [0.1, 0.15) is 60.4 Å². The number of carbonyl (C=O) groups excluding carboxylic acids is 2. The van der Waals surface area contributed by atoms with Crippen LogP contribution in [0, 0.1) is 23.7 Å². The lowest BCUT2D eigenvalue weighted by molar-refractivity contribution is -0.168. The van der Waals surface area contributed by atoms with Crippen molar-refractivity contribution in [2.45, 2.75) is 63.2 Å². The topological polar surface area (TPSA) is 103 Å². The Bertz CT molecular complexity index is 1150. The molecule has 5 fully saturated rings. The predicted molar refractivity (Wildman–Crippen MR) is 130 cm³/mol. The fraction of sp³-hybridized carbons (Fsp3) is 0.556. The number of aliphatic hydroxyl groups excluding tert-OH is 1. The monoisotopic (exact) mass is 498 g/mol. The van der Waals surface area contributed by atoms with Crippen LogP contribution in [0.3, 0.4) is 0 Å². The highest BCUT2D eigenvalue weighted by Crippen LogP contribution is 2.57. The molecule has 7 nitrogen and oxygen atoms in total. The van der Waals surface area contributed by atoms with Gasteiger partial charge in [-0.3, -0.25) is 9.59 Å². The number of furan rings is 1. The molecule has 2 amide bonds. The minimum atomic E-state index is -0.488. The molecule has 2 aromatic rings. The molecule has 2 heterocycles. The van der Waals surface area contributed by atoms with Gasteiger partial charge < -0.3 is 24.8 Å². The molecule has 8 heteroatoms. The molecule has 1 aromatic carbocycles. The van der Waals surface area contributed by atoms with Crippen molar-refractivity contribution in [2.24, 2.45) is 23.7 Å². The average Bonchev–Trinajstić information content (AvgIpc) is 3.42. The molecule has 35 heavy (non-hydrogen) atoms. The summed E-state index contributed by atoms with van der Waals surface area (Å²) in [5.41, 5.74) is 0.944. The minimum Gasteiger partial charge on any atom is -0.453 e. The van der Waals surface area contributed by atoms with Gasteiger partial charge in [0.25, 0.3) is 5.91 Å². The highest BCUT2D eigenvalue weighted by Gasteiger charge is 2.57. The van der Waals surface area contributed by atoms with Gasteiger partial charge in [0, 0.05) is 29.2 Å². The summed E-state index contributed by atoms with van der Waals surface area (Å²) in [6.45, 7) is 0.519. The maximum absolute atomic E-state index is 13.5. The molecule has 186 valence electrons. The Balaban J connectivity index is 1.10. The van der Waals surface area contributed by atoms with Gasteiger partial charge in [-0.15, -0.1) is 0 Å². The minimum absolute atomic E-state index is 0.0896. The van der Waals surface area contributed by atoms with Crippen molar-refractivity contribution < 1.29 is 24.2 Å². The molecule has 0 spiro atoms. The summed E-state index contributed by atoms with van der Waals surface area (Å²) in [6.07, 6.45) is 6.34. The normalized spacial score (nSPS) is 33.5. The van der Waals surface area contributed by atoms with Crippen molar-refractivity contribution >= 4 is 29.1 Å². The number of halogens is 1. The van der Waals surface area contributed by atoms with Crippen LogP contribution in [0.2, 0.25) is 5.02 Å². The van der Waals surface area contributed by atoms with E-state index in [1.165, 1.54) is 6.07 Å².